The molecule has 1 atom stereocenters. The molecule has 1 N–H and O–H groups in total. The van der Waals surface area contributed by atoms with Crippen LogP contribution in [-0.4, -0.2) is 52.1 Å². The van der Waals surface area contributed by atoms with Gasteiger partial charge in [0.25, 0.3) is 0 Å². The first-order valence-corrected chi connectivity index (χ1v) is 12.0. The van der Waals surface area contributed by atoms with Gasteiger partial charge in [-0.2, -0.15) is 0 Å². The minimum absolute atomic E-state index is 0.100. The Morgan fingerprint density at radius 2 is 1.52 bits per heavy atom. The van der Waals surface area contributed by atoms with Gasteiger partial charge in [-0.15, -0.1) is 0 Å². The molecular weight excluding hydrogens is 382 g/mol. The van der Waals surface area contributed by atoms with Gasteiger partial charge in [-0.3, -0.25) is 4.90 Å². The summed E-state index contributed by atoms with van der Waals surface area (Å²) in [6.45, 7) is 11.1. The number of hydrogen-bond acceptors (Lipinski definition) is 4. The summed E-state index contributed by atoms with van der Waals surface area (Å²) in [5.41, 5.74) is 2.42. The summed E-state index contributed by atoms with van der Waals surface area (Å²) in [4.78, 5) is 5.16. The number of anilines is 1. The molecule has 1 heterocycles. The van der Waals surface area contributed by atoms with Crippen LogP contribution >= 0.6 is 0 Å². The third-order valence-electron chi connectivity index (χ3n) is 5.59. The quantitative estimate of drug-likeness (QED) is 0.714. The number of rotatable bonds is 8. The molecule has 1 aliphatic rings. The molecule has 2 aromatic carbocycles. The average molecular weight is 416 g/mol. The zero-order valence-corrected chi connectivity index (χ0v) is 18.5. The van der Waals surface area contributed by atoms with Crippen LogP contribution in [0.2, 0.25) is 0 Å². The van der Waals surface area contributed by atoms with Gasteiger partial charge in [0.1, 0.15) is 0 Å². The molecule has 0 saturated carbocycles. The van der Waals surface area contributed by atoms with Crippen LogP contribution in [0.25, 0.3) is 0 Å². The van der Waals surface area contributed by atoms with Gasteiger partial charge in [0, 0.05) is 37.9 Å². The fraction of sp³-hybridized carbons (Fsp3) is 0.478. The zero-order chi connectivity index (χ0) is 20.9. The van der Waals surface area contributed by atoms with E-state index in [4.69, 9.17) is 0 Å². The molecule has 0 unspecified atom stereocenters. The van der Waals surface area contributed by atoms with Gasteiger partial charge >= 0.3 is 0 Å². The van der Waals surface area contributed by atoms with Crippen molar-refractivity contribution in [3.63, 3.8) is 0 Å². The lowest BCUT2D eigenvalue weighted by Gasteiger charge is -2.36. The Balaban J connectivity index is 1.45. The summed E-state index contributed by atoms with van der Waals surface area (Å²) in [5, 5.41) is 0. The zero-order valence-electron chi connectivity index (χ0n) is 17.7. The van der Waals surface area contributed by atoms with Crippen molar-refractivity contribution >= 4 is 15.7 Å². The van der Waals surface area contributed by atoms with Crippen molar-refractivity contribution in [3.05, 3.63) is 60.2 Å². The highest BCUT2D eigenvalue weighted by atomic mass is 32.2. The minimum atomic E-state index is -3.48. The predicted molar refractivity (Wildman–Crippen MR) is 120 cm³/mol. The molecule has 0 spiro atoms. The van der Waals surface area contributed by atoms with Gasteiger partial charge in [0.05, 0.1) is 4.90 Å². The van der Waals surface area contributed by atoms with Crippen LogP contribution in [0.3, 0.4) is 0 Å². The Kier molecular flexibility index (Phi) is 7.33. The lowest BCUT2D eigenvalue weighted by molar-refractivity contribution is 0.248. The third-order valence-corrected chi connectivity index (χ3v) is 7.19. The highest BCUT2D eigenvalue weighted by Crippen LogP contribution is 2.18. The van der Waals surface area contributed by atoms with E-state index in [0.29, 0.717) is 10.8 Å². The second kappa shape index (κ2) is 9.74. The molecular formula is C23H33N3O2S. The lowest BCUT2D eigenvalue weighted by atomic mass is 10.0. The number of sulfonamides is 1. The first kappa shape index (κ1) is 21.8. The van der Waals surface area contributed by atoms with Crippen molar-refractivity contribution in [1.82, 2.24) is 9.62 Å². The minimum Gasteiger partial charge on any atom is -0.369 e. The first-order chi connectivity index (χ1) is 13.8. The number of piperazine rings is 1. The second-order valence-corrected chi connectivity index (χ2v) is 9.91. The molecule has 0 bridgehead atoms. The maximum Gasteiger partial charge on any atom is 0.240 e. The Morgan fingerprint density at radius 3 is 2.10 bits per heavy atom. The van der Waals surface area contributed by atoms with Crippen molar-refractivity contribution < 1.29 is 8.42 Å². The average Bonchev–Trinajstić information content (AvgIpc) is 2.73. The first-order valence-electron chi connectivity index (χ1n) is 10.5. The summed E-state index contributed by atoms with van der Waals surface area (Å²) in [5.74, 6) is 0.390. The molecule has 2 aromatic rings. The topological polar surface area (TPSA) is 52.7 Å². The predicted octanol–water partition coefficient (Wildman–Crippen LogP) is 3.69. The van der Waals surface area contributed by atoms with Crippen LogP contribution in [0.5, 0.6) is 0 Å². The van der Waals surface area contributed by atoms with E-state index in [1.165, 1.54) is 5.69 Å². The number of para-hydroxylation sites is 1. The number of benzene rings is 2. The molecule has 0 amide bonds. The molecule has 1 fully saturated rings. The smallest absolute Gasteiger partial charge is 0.240 e. The summed E-state index contributed by atoms with van der Waals surface area (Å²) in [6.07, 6.45) is 0.800. The molecule has 0 aromatic heterocycles. The molecule has 3 rings (SSSR count). The van der Waals surface area contributed by atoms with E-state index < -0.39 is 10.0 Å². The van der Waals surface area contributed by atoms with Crippen molar-refractivity contribution in [2.24, 2.45) is 0 Å². The van der Waals surface area contributed by atoms with Gasteiger partial charge in [0.2, 0.25) is 10.0 Å². The number of hydrogen-bond donors (Lipinski definition) is 1. The molecule has 1 saturated heterocycles. The Hall–Kier alpha value is -1.89. The SMILES string of the molecule is CC(C)c1ccc(S(=O)(=O)N[C@H](C)CCN2CCN(c3ccccc3)CC2)cc1. The summed E-state index contributed by atoms with van der Waals surface area (Å²) < 4.78 is 28.1. The summed E-state index contributed by atoms with van der Waals surface area (Å²) >= 11 is 0. The Morgan fingerprint density at radius 1 is 0.897 bits per heavy atom. The third kappa shape index (κ3) is 6.04. The molecule has 0 radical (unpaired) electrons. The molecule has 6 heteroatoms. The van der Waals surface area contributed by atoms with Crippen LogP contribution < -0.4 is 9.62 Å². The number of nitrogens with zero attached hydrogens (tertiary/aromatic N) is 2. The van der Waals surface area contributed by atoms with Crippen LogP contribution in [0.1, 0.15) is 38.7 Å². The van der Waals surface area contributed by atoms with Crippen molar-refractivity contribution in [2.45, 2.75) is 44.0 Å². The maximum atomic E-state index is 12.6. The van der Waals surface area contributed by atoms with Gasteiger partial charge in [-0.25, -0.2) is 13.1 Å². The van der Waals surface area contributed by atoms with Crippen LogP contribution in [0.4, 0.5) is 5.69 Å². The normalized spacial score (nSPS) is 16.9. The summed E-state index contributed by atoms with van der Waals surface area (Å²) in [7, 11) is -3.48. The Labute approximate surface area is 175 Å². The van der Waals surface area contributed by atoms with E-state index in [-0.39, 0.29) is 6.04 Å². The van der Waals surface area contributed by atoms with Gasteiger partial charge in [-0.05, 0) is 55.6 Å². The number of nitrogens with one attached hydrogen (secondary N) is 1. The van der Waals surface area contributed by atoms with E-state index in [1.807, 2.05) is 25.1 Å². The van der Waals surface area contributed by atoms with E-state index >= 15 is 0 Å². The molecule has 1 aliphatic heterocycles. The van der Waals surface area contributed by atoms with E-state index in [0.717, 1.165) is 44.7 Å². The van der Waals surface area contributed by atoms with E-state index in [1.54, 1.807) is 12.1 Å². The molecule has 0 aliphatic carbocycles. The van der Waals surface area contributed by atoms with Crippen molar-refractivity contribution in [1.29, 1.82) is 0 Å². The fourth-order valence-electron chi connectivity index (χ4n) is 3.67. The van der Waals surface area contributed by atoms with E-state index in [9.17, 15) is 8.42 Å². The monoisotopic (exact) mass is 415 g/mol. The van der Waals surface area contributed by atoms with Crippen molar-refractivity contribution in [3.8, 4) is 0 Å². The fourth-order valence-corrected chi connectivity index (χ4v) is 4.95. The van der Waals surface area contributed by atoms with Crippen LogP contribution in [0, 0.1) is 0 Å². The van der Waals surface area contributed by atoms with Crippen LogP contribution in [0.15, 0.2) is 59.5 Å². The summed E-state index contributed by atoms with van der Waals surface area (Å²) in [6, 6.07) is 17.6. The van der Waals surface area contributed by atoms with Gasteiger partial charge in [-0.1, -0.05) is 44.2 Å². The van der Waals surface area contributed by atoms with E-state index in [2.05, 4.69) is 52.6 Å². The highest BCUT2D eigenvalue weighted by Gasteiger charge is 2.20. The molecule has 29 heavy (non-hydrogen) atoms. The lowest BCUT2D eigenvalue weighted by Crippen LogP contribution is -2.47. The largest absolute Gasteiger partial charge is 0.369 e. The second-order valence-electron chi connectivity index (χ2n) is 8.20. The molecule has 158 valence electrons. The van der Waals surface area contributed by atoms with Gasteiger partial charge in [0.15, 0.2) is 0 Å². The maximum absolute atomic E-state index is 12.6. The molecule has 5 nitrogen and oxygen atoms in total. The highest BCUT2D eigenvalue weighted by molar-refractivity contribution is 7.89. The Bertz CT molecular complexity index is 859. The standard InChI is InChI=1S/C23H33N3O2S/c1-19(2)21-9-11-23(12-10-21)29(27,28)24-20(3)13-14-25-15-17-26(18-16-25)22-7-5-4-6-8-22/h4-12,19-20,24H,13-18H2,1-3H3/t20-/m1/s1. The van der Waals surface area contributed by atoms with Crippen LogP contribution in [-0.2, 0) is 10.0 Å². The van der Waals surface area contributed by atoms with Crippen molar-refractivity contribution in [2.75, 3.05) is 37.6 Å². The van der Waals surface area contributed by atoms with Gasteiger partial charge < -0.3 is 4.90 Å².